The molecule has 2 heterocycles. The molecule has 0 spiro atoms. The van der Waals surface area contributed by atoms with Crippen LogP contribution in [0.15, 0.2) is 24.3 Å². The van der Waals surface area contributed by atoms with E-state index in [0.29, 0.717) is 18.1 Å². The van der Waals surface area contributed by atoms with Crippen LogP contribution in [0, 0.1) is 16.7 Å². The predicted molar refractivity (Wildman–Crippen MR) is 170 cm³/mol. The normalized spacial score (nSPS) is 27.0. The van der Waals surface area contributed by atoms with Crippen molar-refractivity contribution in [2.75, 3.05) is 19.6 Å². The SMILES string of the molecule is CC1(C)CCC(N(C(=O)C(C)(C)C)[C@H]2C[C@@H](C(=O)O)N(C(=O)[C@@H]3CN(C(C)(C)C)C[C@H]3c3ccc(Cl)cc3)C2)CC1.Cl. The molecule has 1 aliphatic carbocycles. The van der Waals surface area contributed by atoms with Crippen LogP contribution in [0.3, 0.4) is 0 Å². The highest BCUT2D eigenvalue weighted by Gasteiger charge is 2.51. The third-order valence-electron chi connectivity index (χ3n) is 9.70. The van der Waals surface area contributed by atoms with Gasteiger partial charge in [0.05, 0.1) is 12.0 Å². The number of carboxylic acids is 1. The molecule has 1 N–H and O–H groups in total. The standard InChI is InChI=1S/C33H50ClN3O4.ClH/c1-31(2,3)30(41)37(23-13-15-33(7,8)16-14-23)24-17-27(29(39)40)36(18-24)28(38)26-20-35(32(4,5)6)19-25(26)21-9-11-22(34)12-10-21;/h9-12,23-27H,13-20H2,1-8H3,(H,39,40);1H/t24-,25-,26+,27-;/m0./s1. The molecule has 236 valence electrons. The van der Waals surface area contributed by atoms with Crippen molar-refractivity contribution < 1.29 is 19.5 Å². The van der Waals surface area contributed by atoms with Gasteiger partial charge in [-0.05, 0) is 69.6 Å². The summed E-state index contributed by atoms with van der Waals surface area (Å²) in [5, 5.41) is 11.0. The van der Waals surface area contributed by atoms with Crippen LogP contribution in [-0.4, -0.2) is 80.9 Å². The Morgan fingerprint density at radius 3 is 2.00 bits per heavy atom. The molecule has 0 aromatic heterocycles. The molecule has 7 nitrogen and oxygen atoms in total. The van der Waals surface area contributed by atoms with E-state index in [2.05, 4.69) is 39.5 Å². The first-order chi connectivity index (χ1) is 18.9. The highest BCUT2D eigenvalue weighted by molar-refractivity contribution is 6.30. The number of halogens is 2. The van der Waals surface area contributed by atoms with Crippen molar-refractivity contribution in [3.63, 3.8) is 0 Å². The van der Waals surface area contributed by atoms with Crippen molar-refractivity contribution in [3.8, 4) is 0 Å². The number of amides is 2. The minimum atomic E-state index is -0.998. The summed E-state index contributed by atoms with van der Waals surface area (Å²) in [6, 6.07) is 6.47. The monoisotopic (exact) mass is 623 g/mol. The van der Waals surface area contributed by atoms with Crippen LogP contribution in [0.1, 0.15) is 99.0 Å². The molecule has 42 heavy (non-hydrogen) atoms. The van der Waals surface area contributed by atoms with E-state index in [1.165, 1.54) is 0 Å². The summed E-state index contributed by atoms with van der Waals surface area (Å²) >= 11 is 6.18. The molecule has 2 aliphatic heterocycles. The Balaban J connectivity index is 0.00000484. The zero-order valence-electron chi connectivity index (χ0n) is 26.7. The highest BCUT2D eigenvalue weighted by atomic mass is 35.5. The van der Waals surface area contributed by atoms with Crippen molar-refractivity contribution in [1.82, 2.24) is 14.7 Å². The van der Waals surface area contributed by atoms with E-state index in [-0.39, 0.29) is 72.1 Å². The van der Waals surface area contributed by atoms with Gasteiger partial charge in [-0.15, -0.1) is 12.4 Å². The molecule has 3 aliphatic rings. The maximum atomic E-state index is 14.4. The van der Waals surface area contributed by atoms with Crippen LogP contribution < -0.4 is 0 Å². The number of hydrogen-bond acceptors (Lipinski definition) is 4. The average molecular weight is 625 g/mol. The first-order valence-electron chi connectivity index (χ1n) is 15.3. The maximum Gasteiger partial charge on any atom is 0.326 e. The van der Waals surface area contributed by atoms with Gasteiger partial charge >= 0.3 is 5.97 Å². The molecule has 1 saturated carbocycles. The molecule has 0 unspecified atom stereocenters. The molecular weight excluding hydrogens is 573 g/mol. The van der Waals surface area contributed by atoms with E-state index in [1.54, 1.807) is 4.90 Å². The van der Waals surface area contributed by atoms with Crippen LogP contribution in [0.25, 0.3) is 0 Å². The van der Waals surface area contributed by atoms with Crippen LogP contribution in [-0.2, 0) is 14.4 Å². The van der Waals surface area contributed by atoms with Crippen molar-refractivity contribution in [2.24, 2.45) is 16.7 Å². The van der Waals surface area contributed by atoms with Gasteiger partial charge < -0.3 is 14.9 Å². The van der Waals surface area contributed by atoms with E-state index >= 15 is 0 Å². The molecule has 1 aromatic rings. The van der Waals surface area contributed by atoms with Crippen molar-refractivity contribution >= 4 is 41.8 Å². The van der Waals surface area contributed by atoms with Crippen molar-refractivity contribution in [3.05, 3.63) is 34.9 Å². The van der Waals surface area contributed by atoms with Gasteiger partial charge in [-0.3, -0.25) is 14.5 Å². The Morgan fingerprint density at radius 2 is 1.50 bits per heavy atom. The predicted octanol–water partition coefficient (Wildman–Crippen LogP) is 6.47. The van der Waals surface area contributed by atoms with Gasteiger partial charge in [0, 0.05) is 54.0 Å². The van der Waals surface area contributed by atoms with Gasteiger partial charge in [-0.2, -0.15) is 0 Å². The van der Waals surface area contributed by atoms with Crippen LogP contribution >= 0.6 is 24.0 Å². The lowest BCUT2D eigenvalue weighted by Gasteiger charge is -2.45. The highest BCUT2D eigenvalue weighted by Crippen LogP contribution is 2.42. The summed E-state index contributed by atoms with van der Waals surface area (Å²) in [5.74, 6) is -1.52. The third kappa shape index (κ3) is 7.44. The lowest BCUT2D eigenvalue weighted by atomic mass is 9.74. The largest absolute Gasteiger partial charge is 0.480 e. The molecule has 0 bridgehead atoms. The summed E-state index contributed by atoms with van der Waals surface area (Å²) in [4.78, 5) is 46.8. The fourth-order valence-corrected chi connectivity index (χ4v) is 7.16. The van der Waals surface area contributed by atoms with E-state index in [9.17, 15) is 19.5 Å². The van der Waals surface area contributed by atoms with Crippen molar-refractivity contribution in [2.45, 2.75) is 117 Å². The van der Waals surface area contributed by atoms with Gasteiger partial charge in [0.1, 0.15) is 6.04 Å². The van der Waals surface area contributed by atoms with Crippen LogP contribution in [0.5, 0.6) is 0 Å². The molecule has 2 amide bonds. The minimum Gasteiger partial charge on any atom is -0.480 e. The van der Waals surface area contributed by atoms with Gasteiger partial charge in [0.15, 0.2) is 0 Å². The number of carbonyl (C=O) groups excluding carboxylic acids is 2. The summed E-state index contributed by atoms with van der Waals surface area (Å²) < 4.78 is 0. The summed E-state index contributed by atoms with van der Waals surface area (Å²) in [6.07, 6.45) is 4.12. The summed E-state index contributed by atoms with van der Waals surface area (Å²) in [5.41, 5.74) is 0.550. The second-order valence-corrected chi connectivity index (χ2v) is 15.9. The maximum absolute atomic E-state index is 14.4. The van der Waals surface area contributed by atoms with Crippen LogP contribution in [0.4, 0.5) is 0 Å². The third-order valence-corrected chi connectivity index (χ3v) is 9.95. The van der Waals surface area contributed by atoms with E-state index in [0.717, 1.165) is 31.2 Å². The molecule has 2 saturated heterocycles. The number of carboxylic acid groups (broad SMARTS) is 1. The number of carbonyl (C=O) groups is 3. The number of rotatable bonds is 5. The number of likely N-dealkylation sites (tertiary alicyclic amines) is 2. The molecule has 1 aromatic carbocycles. The van der Waals surface area contributed by atoms with E-state index < -0.39 is 17.4 Å². The van der Waals surface area contributed by atoms with Gasteiger partial charge in [-0.25, -0.2) is 4.79 Å². The van der Waals surface area contributed by atoms with Gasteiger partial charge in [0.25, 0.3) is 0 Å². The van der Waals surface area contributed by atoms with Crippen molar-refractivity contribution in [1.29, 1.82) is 0 Å². The zero-order valence-corrected chi connectivity index (χ0v) is 28.2. The Morgan fingerprint density at radius 1 is 0.929 bits per heavy atom. The molecule has 4 rings (SSSR count). The Bertz CT molecular complexity index is 1130. The van der Waals surface area contributed by atoms with Crippen LogP contribution in [0.2, 0.25) is 5.02 Å². The average Bonchev–Trinajstić information content (AvgIpc) is 3.50. The fourth-order valence-electron chi connectivity index (χ4n) is 7.03. The van der Waals surface area contributed by atoms with E-state index in [4.69, 9.17) is 11.6 Å². The topological polar surface area (TPSA) is 81.2 Å². The molecule has 3 fully saturated rings. The quantitative estimate of drug-likeness (QED) is 0.406. The fraction of sp³-hybridized carbons (Fsp3) is 0.727. The second-order valence-electron chi connectivity index (χ2n) is 15.4. The van der Waals surface area contributed by atoms with Gasteiger partial charge in [-0.1, -0.05) is 58.4 Å². The first kappa shape index (κ1) is 34.7. The number of hydrogen-bond donors (Lipinski definition) is 1. The lowest BCUT2D eigenvalue weighted by molar-refractivity contribution is -0.150. The first-order valence-corrected chi connectivity index (χ1v) is 15.6. The second kappa shape index (κ2) is 12.6. The molecule has 9 heteroatoms. The Kier molecular flexibility index (Phi) is 10.4. The smallest absolute Gasteiger partial charge is 0.326 e. The van der Waals surface area contributed by atoms with E-state index in [1.807, 2.05) is 49.9 Å². The molecule has 0 radical (unpaired) electrons. The summed E-state index contributed by atoms with van der Waals surface area (Å²) in [7, 11) is 0. The Labute approximate surface area is 263 Å². The van der Waals surface area contributed by atoms with Gasteiger partial charge in [0.2, 0.25) is 11.8 Å². The number of aliphatic carboxylic acids is 1. The number of nitrogens with zero attached hydrogens (tertiary/aromatic N) is 3. The zero-order chi connectivity index (χ0) is 30.5. The summed E-state index contributed by atoms with van der Waals surface area (Å²) in [6.45, 7) is 18.3. The molecule has 4 atom stereocenters. The lowest BCUT2D eigenvalue weighted by Crippen LogP contribution is -2.54. The minimum absolute atomic E-state index is 0. The Hall–Kier alpha value is -1.83. The number of benzene rings is 1. The molecular formula is C33H51Cl2N3O4.